The molecule has 5 rings (SSSR count). The van der Waals surface area contributed by atoms with Crippen molar-refractivity contribution in [1.29, 1.82) is 0 Å². The van der Waals surface area contributed by atoms with Gasteiger partial charge in [0.1, 0.15) is 0 Å². The predicted molar refractivity (Wildman–Crippen MR) is 136 cm³/mol. The lowest BCUT2D eigenvalue weighted by Gasteiger charge is -2.17. The summed E-state index contributed by atoms with van der Waals surface area (Å²) in [6.45, 7) is 4.22. The summed E-state index contributed by atoms with van der Waals surface area (Å²) < 4.78 is 7.54. The summed E-state index contributed by atoms with van der Waals surface area (Å²) in [6, 6.07) is 22.6. The van der Waals surface area contributed by atoms with Crippen LogP contribution in [0.15, 0.2) is 87.2 Å². The standard InChI is InChI=1S/C26H21ClN4O2S/c1-16(2)17-9-5-8-14-22(17)31-25(32)19-11-4-7-13-21(19)28-26(31)34-15-23-29-30-24(33-23)18-10-3-6-12-20(18)27/h3-14,16H,15H2,1-2H3. The minimum Gasteiger partial charge on any atom is -0.420 e. The Bertz CT molecular complexity index is 1540. The maximum absolute atomic E-state index is 13.6. The molecule has 0 unspecified atom stereocenters. The van der Waals surface area contributed by atoms with Crippen molar-refractivity contribution in [2.24, 2.45) is 0 Å². The normalized spacial score (nSPS) is 11.4. The Kier molecular flexibility index (Phi) is 6.22. The molecule has 0 aliphatic rings. The van der Waals surface area contributed by atoms with E-state index in [9.17, 15) is 4.79 Å². The predicted octanol–water partition coefficient (Wildman–Crippen LogP) is 6.50. The van der Waals surface area contributed by atoms with Gasteiger partial charge in [0.05, 0.1) is 32.9 Å². The van der Waals surface area contributed by atoms with E-state index in [-0.39, 0.29) is 11.5 Å². The zero-order valence-electron chi connectivity index (χ0n) is 18.6. The molecule has 170 valence electrons. The highest BCUT2D eigenvalue weighted by Crippen LogP contribution is 2.30. The van der Waals surface area contributed by atoms with Crippen molar-refractivity contribution in [3.05, 3.63) is 99.6 Å². The Morgan fingerprint density at radius 3 is 2.53 bits per heavy atom. The average molecular weight is 489 g/mol. The summed E-state index contributed by atoms with van der Waals surface area (Å²) in [5, 5.41) is 9.99. The highest BCUT2D eigenvalue weighted by atomic mass is 35.5. The summed E-state index contributed by atoms with van der Waals surface area (Å²) in [7, 11) is 0. The molecule has 0 bridgehead atoms. The molecule has 3 aromatic carbocycles. The van der Waals surface area contributed by atoms with Crippen molar-refractivity contribution in [3.63, 3.8) is 0 Å². The van der Waals surface area contributed by atoms with Crippen LogP contribution in [0, 0.1) is 0 Å². The Hall–Kier alpha value is -3.42. The van der Waals surface area contributed by atoms with Gasteiger partial charge in [-0.15, -0.1) is 10.2 Å². The van der Waals surface area contributed by atoms with E-state index in [1.165, 1.54) is 11.8 Å². The van der Waals surface area contributed by atoms with Crippen LogP contribution in [-0.4, -0.2) is 19.7 Å². The van der Waals surface area contributed by atoms with Crippen LogP contribution in [0.25, 0.3) is 28.0 Å². The summed E-state index contributed by atoms with van der Waals surface area (Å²) >= 11 is 7.64. The Labute approximate surface area is 205 Å². The van der Waals surface area contributed by atoms with Gasteiger partial charge in [0.2, 0.25) is 11.8 Å². The third-order valence-corrected chi connectivity index (χ3v) is 6.69. The molecule has 0 aliphatic heterocycles. The lowest BCUT2D eigenvalue weighted by atomic mass is 10.0. The minimum absolute atomic E-state index is 0.108. The quantitative estimate of drug-likeness (QED) is 0.200. The molecule has 0 amide bonds. The smallest absolute Gasteiger partial charge is 0.266 e. The monoisotopic (exact) mass is 488 g/mol. The molecule has 8 heteroatoms. The van der Waals surface area contributed by atoms with Crippen LogP contribution in [0.1, 0.15) is 31.2 Å². The maximum atomic E-state index is 13.6. The first kappa shape index (κ1) is 22.4. The Morgan fingerprint density at radius 2 is 1.71 bits per heavy atom. The van der Waals surface area contributed by atoms with Crippen LogP contribution in [-0.2, 0) is 5.75 Å². The van der Waals surface area contributed by atoms with Crippen molar-refractivity contribution in [2.75, 3.05) is 0 Å². The first-order valence-corrected chi connectivity index (χ1v) is 12.2. The molecular weight excluding hydrogens is 468 g/mol. The molecule has 0 aliphatic carbocycles. The number of thioether (sulfide) groups is 1. The van der Waals surface area contributed by atoms with E-state index in [2.05, 4.69) is 24.0 Å². The van der Waals surface area contributed by atoms with E-state index in [1.807, 2.05) is 66.7 Å². The number of hydrogen-bond donors (Lipinski definition) is 0. The highest BCUT2D eigenvalue weighted by Gasteiger charge is 2.18. The molecule has 0 fully saturated rings. The molecule has 0 saturated heterocycles. The van der Waals surface area contributed by atoms with E-state index in [0.717, 1.165) is 11.3 Å². The lowest BCUT2D eigenvalue weighted by Crippen LogP contribution is -2.23. The molecule has 0 N–H and O–H groups in total. The average Bonchev–Trinajstić information content (AvgIpc) is 3.32. The number of aromatic nitrogens is 4. The van der Waals surface area contributed by atoms with Gasteiger partial charge in [-0.25, -0.2) is 4.98 Å². The van der Waals surface area contributed by atoms with Crippen molar-refractivity contribution in [3.8, 4) is 17.1 Å². The second kappa shape index (κ2) is 9.44. The van der Waals surface area contributed by atoms with Crippen LogP contribution in [0.2, 0.25) is 5.02 Å². The van der Waals surface area contributed by atoms with Crippen LogP contribution in [0.5, 0.6) is 0 Å². The molecule has 2 aromatic heterocycles. The molecule has 2 heterocycles. The summed E-state index contributed by atoms with van der Waals surface area (Å²) in [4.78, 5) is 18.4. The summed E-state index contributed by atoms with van der Waals surface area (Å²) in [5.74, 6) is 1.37. The van der Waals surface area contributed by atoms with E-state index in [1.54, 1.807) is 10.6 Å². The number of benzene rings is 3. The van der Waals surface area contributed by atoms with Gasteiger partial charge in [0.25, 0.3) is 5.56 Å². The van der Waals surface area contributed by atoms with Gasteiger partial charge in [0.15, 0.2) is 5.16 Å². The Morgan fingerprint density at radius 1 is 0.971 bits per heavy atom. The van der Waals surface area contributed by atoms with Gasteiger partial charge in [-0.2, -0.15) is 0 Å². The van der Waals surface area contributed by atoms with Crippen LogP contribution in [0.4, 0.5) is 0 Å². The lowest BCUT2D eigenvalue weighted by molar-refractivity contribution is 0.528. The number of fused-ring (bicyclic) bond motifs is 1. The third kappa shape index (κ3) is 4.24. The van der Waals surface area contributed by atoms with Crippen LogP contribution >= 0.6 is 23.4 Å². The fourth-order valence-electron chi connectivity index (χ4n) is 3.78. The van der Waals surface area contributed by atoms with Gasteiger partial charge in [-0.3, -0.25) is 9.36 Å². The van der Waals surface area contributed by atoms with Gasteiger partial charge < -0.3 is 4.42 Å². The minimum atomic E-state index is -0.108. The third-order valence-electron chi connectivity index (χ3n) is 5.44. The largest absolute Gasteiger partial charge is 0.420 e. The zero-order chi connectivity index (χ0) is 23.7. The van der Waals surface area contributed by atoms with Crippen molar-refractivity contribution < 1.29 is 4.42 Å². The zero-order valence-corrected chi connectivity index (χ0v) is 20.2. The van der Waals surface area contributed by atoms with Gasteiger partial charge in [-0.1, -0.05) is 79.7 Å². The highest BCUT2D eigenvalue weighted by molar-refractivity contribution is 7.98. The number of nitrogens with zero attached hydrogens (tertiary/aromatic N) is 4. The molecule has 34 heavy (non-hydrogen) atoms. The Balaban J connectivity index is 1.56. The number of para-hydroxylation sites is 2. The van der Waals surface area contributed by atoms with Crippen LogP contribution in [0.3, 0.4) is 0 Å². The molecule has 0 atom stereocenters. The van der Waals surface area contributed by atoms with Gasteiger partial charge >= 0.3 is 0 Å². The summed E-state index contributed by atoms with van der Waals surface area (Å²) in [5.41, 5.74) is 3.12. The molecule has 5 aromatic rings. The molecular formula is C26H21ClN4O2S. The van der Waals surface area contributed by atoms with E-state index in [4.69, 9.17) is 21.0 Å². The van der Waals surface area contributed by atoms with Crippen LogP contribution < -0.4 is 5.56 Å². The van der Waals surface area contributed by atoms with Crippen molar-refractivity contribution >= 4 is 34.3 Å². The summed E-state index contributed by atoms with van der Waals surface area (Å²) in [6.07, 6.45) is 0. The first-order valence-electron chi connectivity index (χ1n) is 10.8. The second-order valence-corrected chi connectivity index (χ2v) is 9.38. The molecule has 0 saturated carbocycles. The SMILES string of the molecule is CC(C)c1ccccc1-n1c(SCc2nnc(-c3ccccc3Cl)o2)nc2ccccc2c1=O. The van der Waals surface area contributed by atoms with Gasteiger partial charge in [-0.05, 0) is 41.8 Å². The molecule has 0 radical (unpaired) electrons. The number of hydrogen-bond acceptors (Lipinski definition) is 6. The van der Waals surface area contributed by atoms with E-state index >= 15 is 0 Å². The number of rotatable bonds is 6. The fourth-order valence-corrected chi connectivity index (χ4v) is 4.84. The number of halogens is 1. The second-order valence-electron chi connectivity index (χ2n) is 8.04. The van der Waals surface area contributed by atoms with Crippen molar-refractivity contribution in [2.45, 2.75) is 30.7 Å². The van der Waals surface area contributed by atoms with Crippen molar-refractivity contribution in [1.82, 2.24) is 19.7 Å². The van der Waals surface area contributed by atoms with E-state index in [0.29, 0.717) is 44.2 Å². The maximum Gasteiger partial charge on any atom is 0.266 e. The first-order chi connectivity index (χ1) is 16.5. The molecule has 6 nitrogen and oxygen atoms in total. The van der Waals surface area contributed by atoms with Gasteiger partial charge in [0, 0.05) is 0 Å². The molecule has 0 spiro atoms. The van der Waals surface area contributed by atoms with E-state index < -0.39 is 0 Å². The fraction of sp³-hybridized carbons (Fsp3) is 0.154. The topological polar surface area (TPSA) is 73.8 Å².